The van der Waals surface area contributed by atoms with Gasteiger partial charge in [-0.25, -0.2) is 22.8 Å². The van der Waals surface area contributed by atoms with Gasteiger partial charge < -0.3 is 19.7 Å². The van der Waals surface area contributed by atoms with E-state index in [0.29, 0.717) is 30.0 Å². The monoisotopic (exact) mass is 546 g/mol. The van der Waals surface area contributed by atoms with Gasteiger partial charge in [0.1, 0.15) is 18.5 Å². The molecule has 1 N–H and O–H groups in total. The Morgan fingerprint density at radius 1 is 1.10 bits per heavy atom. The molecule has 1 aliphatic heterocycles. The van der Waals surface area contributed by atoms with E-state index in [9.17, 15) is 32.3 Å². The van der Waals surface area contributed by atoms with E-state index in [0.717, 1.165) is 18.9 Å². The number of benzene rings is 2. The fraction of sp³-hybridized carbons (Fsp3) is 0.429. The molecule has 1 saturated heterocycles. The van der Waals surface area contributed by atoms with Gasteiger partial charge in [0.2, 0.25) is 11.8 Å². The number of carbonyl (C=O) groups excluding carboxylic acids is 4. The summed E-state index contributed by atoms with van der Waals surface area (Å²) in [7, 11) is 1.26. The third-order valence-electron chi connectivity index (χ3n) is 6.90. The molecular weight excluding hydrogens is 517 g/mol. The second-order valence-electron chi connectivity index (χ2n) is 9.88. The molecule has 2 amide bonds. The van der Waals surface area contributed by atoms with Crippen molar-refractivity contribution in [2.45, 2.75) is 63.8 Å². The van der Waals surface area contributed by atoms with Gasteiger partial charge in [0.15, 0.2) is 11.6 Å². The zero-order valence-electron chi connectivity index (χ0n) is 21.4. The average Bonchev–Trinajstić information content (AvgIpc) is 3.67. The Kier molecular flexibility index (Phi) is 8.88. The van der Waals surface area contributed by atoms with Crippen molar-refractivity contribution in [2.75, 3.05) is 7.11 Å². The Balaban J connectivity index is 1.37. The Morgan fingerprint density at radius 3 is 2.59 bits per heavy atom. The third-order valence-corrected chi connectivity index (χ3v) is 6.90. The van der Waals surface area contributed by atoms with Gasteiger partial charge >= 0.3 is 11.9 Å². The lowest BCUT2D eigenvalue weighted by Gasteiger charge is -2.26. The molecule has 2 atom stereocenters. The molecule has 0 bridgehead atoms. The smallest absolute Gasteiger partial charge is 0.337 e. The summed E-state index contributed by atoms with van der Waals surface area (Å²) in [5, 5.41) is 2.70. The first kappa shape index (κ1) is 28.1. The number of rotatable bonds is 11. The third kappa shape index (κ3) is 7.36. The molecular formula is C28H29F3N2O6. The molecule has 0 aromatic heterocycles. The van der Waals surface area contributed by atoms with Gasteiger partial charge in [0.05, 0.1) is 12.7 Å². The molecule has 208 valence electrons. The predicted octanol–water partition coefficient (Wildman–Crippen LogP) is 3.80. The van der Waals surface area contributed by atoms with E-state index < -0.39 is 47.4 Å². The van der Waals surface area contributed by atoms with Gasteiger partial charge in [-0.2, -0.15) is 0 Å². The maximum absolute atomic E-state index is 14.2. The first-order valence-corrected chi connectivity index (χ1v) is 12.7. The van der Waals surface area contributed by atoms with Gasteiger partial charge in [-0.15, -0.1) is 0 Å². The zero-order chi connectivity index (χ0) is 28.1. The van der Waals surface area contributed by atoms with Crippen molar-refractivity contribution in [1.82, 2.24) is 10.2 Å². The minimum Gasteiger partial charge on any atom is -0.465 e. The number of ether oxygens (including phenoxy) is 2. The van der Waals surface area contributed by atoms with Crippen LogP contribution >= 0.6 is 0 Å². The number of halogens is 3. The van der Waals surface area contributed by atoms with E-state index in [4.69, 9.17) is 9.47 Å². The number of hydrogen-bond donors (Lipinski definition) is 1. The molecule has 2 fully saturated rings. The van der Waals surface area contributed by atoms with E-state index in [1.165, 1.54) is 12.0 Å². The van der Waals surface area contributed by atoms with Gasteiger partial charge in [-0.1, -0.05) is 25.0 Å². The van der Waals surface area contributed by atoms with Crippen molar-refractivity contribution in [2.24, 2.45) is 5.92 Å². The van der Waals surface area contributed by atoms with Gasteiger partial charge in [0, 0.05) is 37.1 Å². The van der Waals surface area contributed by atoms with Crippen LogP contribution in [0.5, 0.6) is 0 Å². The van der Waals surface area contributed by atoms with E-state index in [1.54, 1.807) is 24.3 Å². The number of carbonyl (C=O) groups is 4. The lowest BCUT2D eigenvalue weighted by atomic mass is 10.1. The van der Waals surface area contributed by atoms with Crippen LogP contribution in [0.3, 0.4) is 0 Å². The van der Waals surface area contributed by atoms with Gasteiger partial charge in [0.25, 0.3) is 0 Å². The molecule has 2 aromatic carbocycles. The summed E-state index contributed by atoms with van der Waals surface area (Å²) in [4.78, 5) is 51.2. The molecule has 2 aliphatic rings. The second-order valence-corrected chi connectivity index (χ2v) is 9.88. The number of hydrogen-bond acceptors (Lipinski definition) is 6. The Bertz CT molecular complexity index is 1270. The summed E-state index contributed by atoms with van der Waals surface area (Å²) in [5.74, 6) is -5.31. The molecule has 1 aliphatic carbocycles. The Hall–Kier alpha value is -3.89. The quantitative estimate of drug-likeness (QED) is 0.340. The first-order chi connectivity index (χ1) is 18.6. The average molecular weight is 547 g/mol. The summed E-state index contributed by atoms with van der Waals surface area (Å²) in [6.45, 7) is -0.489. The molecule has 11 heteroatoms. The van der Waals surface area contributed by atoms with Crippen LogP contribution in [0.4, 0.5) is 13.2 Å². The van der Waals surface area contributed by atoms with Crippen molar-refractivity contribution in [1.29, 1.82) is 0 Å². The molecule has 1 saturated carbocycles. The maximum Gasteiger partial charge on any atom is 0.337 e. The van der Waals surface area contributed by atoms with Crippen molar-refractivity contribution < 1.29 is 41.8 Å². The fourth-order valence-electron chi connectivity index (χ4n) is 4.66. The number of methoxy groups -OCH3 is 1. The largest absolute Gasteiger partial charge is 0.465 e. The summed E-state index contributed by atoms with van der Waals surface area (Å²) in [6.07, 6.45) is 2.51. The van der Waals surface area contributed by atoms with Crippen LogP contribution in [0, 0.1) is 23.4 Å². The minimum absolute atomic E-state index is 0.107. The SMILES string of the molecule is COC(=O)c1cccc(COC(=O)[C@H](CC2CC2)NC(=O)C[C@@H]2CCC(=O)N2Cc2cc(F)cc(F)c2F)c1. The highest BCUT2D eigenvalue weighted by Crippen LogP contribution is 2.34. The fourth-order valence-corrected chi connectivity index (χ4v) is 4.66. The lowest BCUT2D eigenvalue weighted by Crippen LogP contribution is -2.44. The van der Waals surface area contributed by atoms with E-state index in [1.807, 2.05) is 0 Å². The molecule has 0 spiro atoms. The highest BCUT2D eigenvalue weighted by atomic mass is 19.2. The van der Waals surface area contributed by atoms with Crippen LogP contribution in [0.25, 0.3) is 0 Å². The van der Waals surface area contributed by atoms with Crippen molar-refractivity contribution in [3.63, 3.8) is 0 Å². The molecule has 0 unspecified atom stereocenters. The van der Waals surface area contributed by atoms with E-state index in [2.05, 4.69) is 5.32 Å². The molecule has 39 heavy (non-hydrogen) atoms. The van der Waals surface area contributed by atoms with E-state index in [-0.39, 0.29) is 43.4 Å². The van der Waals surface area contributed by atoms with Crippen molar-refractivity contribution in [3.05, 3.63) is 70.5 Å². The predicted molar refractivity (Wildman–Crippen MR) is 131 cm³/mol. The summed E-state index contributed by atoms with van der Waals surface area (Å²) in [6, 6.07) is 6.16. The Labute approximate surface area is 223 Å². The molecule has 1 heterocycles. The van der Waals surface area contributed by atoms with Gasteiger partial charge in [-0.05, 0) is 42.5 Å². The molecule has 8 nitrogen and oxygen atoms in total. The topological polar surface area (TPSA) is 102 Å². The van der Waals surface area contributed by atoms with Crippen LogP contribution in [-0.4, -0.2) is 47.8 Å². The minimum atomic E-state index is -1.36. The number of likely N-dealkylation sites (tertiary alicyclic amines) is 1. The molecule has 0 radical (unpaired) electrons. The number of esters is 2. The summed E-state index contributed by atoms with van der Waals surface area (Å²) in [5.41, 5.74) is 0.564. The maximum atomic E-state index is 14.2. The Morgan fingerprint density at radius 2 is 1.87 bits per heavy atom. The molecule has 4 rings (SSSR count). The standard InChI is InChI=1S/C28H29F3N2O6/c1-38-27(36)18-4-2-3-17(9-18)15-39-28(37)23(10-16-5-6-16)32-24(34)13-21-7-8-25(35)33(21)14-19-11-20(29)12-22(30)26(19)31/h2-4,9,11-12,16,21,23H,5-8,10,13-15H2,1H3,(H,32,34)/t21-,23-/m0/s1. The second kappa shape index (κ2) is 12.3. The van der Waals surface area contributed by atoms with Gasteiger partial charge in [-0.3, -0.25) is 9.59 Å². The molecule has 2 aromatic rings. The van der Waals surface area contributed by atoms with Crippen LogP contribution in [0.1, 0.15) is 60.0 Å². The lowest BCUT2D eigenvalue weighted by molar-refractivity contribution is -0.149. The summed E-state index contributed by atoms with van der Waals surface area (Å²) >= 11 is 0. The van der Waals surface area contributed by atoms with Crippen LogP contribution in [-0.2, 0) is 37.0 Å². The number of nitrogens with one attached hydrogen (secondary N) is 1. The number of nitrogens with zero attached hydrogens (tertiary/aromatic N) is 1. The normalized spacial score (nSPS) is 17.6. The zero-order valence-corrected chi connectivity index (χ0v) is 21.4. The van der Waals surface area contributed by atoms with Crippen molar-refractivity contribution in [3.8, 4) is 0 Å². The van der Waals surface area contributed by atoms with Crippen LogP contribution in [0.15, 0.2) is 36.4 Å². The first-order valence-electron chi connectivity index (χ1n) is 12.7. The highest BCUT2D eigenvalue weighted by molar-refractivity contribution is 5.89. The highest BCUT2D eigenvalue weighted by Gasteiger charge is 2.36. The summed E-state index contributed by atoms with van der Waals surface area (Å²) < 4.78 is 51.6. The van der Waals surface area contributed by atoms with Crippen LogP contribution in [0.2, 0.25) is 0 Å². The van der Waals surface area contributed by atoms with E-state index >= 15 is 0 Å². The van der Waals surface area contributed by atoms with Crippen LogP contribution < -0.4 is 5.32 Å². The van der Waals surface area contributed by atoms with Crippen molar-refractivity contribution >= 4 is 23.8 Å². The number of amides is 2.